The molecule has 16 nitrogen and oxygen atoms in total. The molecular formula is C50H54F3N7O9S. The molecule has 5 aromatic rings. The van der Waals surface area contributed by atoms with Crippen LogP contribution in [-0.2, 0) is 38.4 Å². The number of alkyl halides is 2. The van der Waals surface area contributed by atoms with Crippen LogP contribution in [0.25, 0.3) is 10.9 Å². The Hall–Kier alpha value is -6.51. The number of halogens is 3. The molecule has 4 aliphatic rings. The number of likely N-dealkylation sites (tertiary alicyclic amines) is 1. The van der Waals surface area contributed by atoms with Crippen molar-refractivity contribution in [2.24, 2.45) is 7.05 Å². The molecule has 0 saturated carbocycles. The average molecular weight is 986 g/mol. The first-order chi connectivity index (χ1) is 33.3. The number of piperazine rings is 1. The molecule has 70 heavy (non-hydrogen) atoms. The van der Waals surface area contributed by atoms with Gasteiger partial charge in [-0.3, -0.25) is 43.9 Å². The van der Waals surface area contributed by atoms with Crippen molar-refractivity contribution in [3.05, 3.63) is 107 Å². The van der Waals surface area contributed by atoms with Gasteiger partial charge < -0.3 is 19.1 Å². The van der Waals surface area contributed by atoms with Gasteiger partial charge in [0.25, 0.3) is 17.7 Å². The number of ether oxygens (including phenoxy) is 3. The number of carbonyl (C=O) groups is 4. The van der Waals surface area contributed by atoms with Crippen LogP contribution in [0.1, 0.15) is 76.7 Å². The number of carbonyl (C=O) groups excluding carboxylic acids is 4. The van der Waals surface area contributed by atoms with Crippen LogP contribution in [0.2, 0.25) is 0 Å². The van der Waals surface area contributed by atoms with Crippen LogP contribution in [0, 0.1) is 5.82 Å². The number of amides is 4. The van der Waals surface area contributed by atoms with Gasteiger partial charge in [0.1, 0.15) is 15.6 Å². The molecule has 20 heteroatoms. The highest BCUT2D eigenvalue weighted by molar-refractivity contribution is 7.90. The topological polar surface area (TPSA) is 173 Å². The number of fused-ring (bicyclic) bond motifs is 2. The van der Waals surface area contributed by atoms with Crippen LogP contribution in [0.15, 0.2) is 72.8 Å². The number of imide groups is 2. The summed E-state index contributed by atoms with van der Waals surface area (Å²) < 4.78 is 91.5. The number of rotatable bonds is 14. The van der Waals surface area contributed by atoms with Crippen molar-refractivity contribution in [1.29, 1.82) is 0 Å². The van der Waals surface area contributed by atoms with Crippen LogP contribution in [0.3, 0.4) is 0 Å². The molecule has 0 spiro atoms. The number of anilines is 1. The first-order valence-electron chi connectivity index (χ1n) is 23.1. The number of aromatic nitrogens is 2. The molecule has 5 heterocycles. The monoisotopic (exact) mass is 985 g/mol. The van der Waals surface area contributed by atoms with Gasteiger partial charge in [-0.05, 0) is 86.3 Å². The Kier molecular flexibility index (Phi) is 12.9. The van der Waals surface area contributed by atoms with Crippen LogP contribution in [0.4, 0.5) is 18.9 Å². The van der Waals surface area contributed by atoms with Crippen molar-refractivity contribution >= 4 is 50.1 Å². The molecule has 4 aromatic carbocycles. The van der Waals surface area contributed by atoms with Gasteiger partial charge in [0.05, 0.1) is 65.9 Å². The zero-order valence-corrected chi connectivity index (χ0v) is 40.3. The normalized spacial score (nSPS) is 21.5. The standard InChI is InChI=1S/C50H54F3N7O9S/c1-6-68-42-23-31(9-14-40(42)67-4)39(28-70(5,65)66)60-46(62)34-13-10-32(24-35(34)47(60)63)58-19-21-59(22-20-58)43-16-18-57(29-50(43,52)53)27-30-7-11-33(12-8-30)69-41-26-38-36(25-37(41)51)45(55-56(38)3)49(2)17-15-44(61)54-48(49)64/h7-14,23-26,39,43H,6,15-22,27-29H2,1-5H3,(H,54,61,64)/t39-,43-,49+/m1/s1. The van der Waals surface area contributed by atoms with Gasteiger partial charge in [-0.15, -0.1) is 0 Å². The SMILES string of the molecule is CCOc1cc([C@@H](CS(C)(=O)=O)N2C(=O)c3ccc(N4CCN([C@@H]5CCN(Cc6ccc(Oc7cc8c(cc7F)c([C@]7(C)CCC(=O)NC7=O)nn8C)cc6)CC5(F)F)CC4)cc3C2=O)ccc1OC. The lowest BCUT2D eigenvalue weighted by Crippen LogP contribution is -2.61. The summed E-state index contributed by atoms with van der Waals surface area (Å²) in [6.45, 7) is 5.55. The number of methoxy groups -OCH3 is 1. The Morgan fingerprint density at radius 3 is 2.29 bits per heavy atom. The van der Waals surface area contributed by atoms with Gasteiger partial charge in [-0.25, -0.2) is 21.6 Å². The Bertz CT molecular complexity index is 3020. The summed E-state index contributed by atoms with van der Waals surface area (Å²) in [5, 5.41) is 7.33. The third-order valence-electron chi connectivity index (χ3n) is 13.9. The van der Waals surface area contributed by atoms with E-state index in [9.17, 15) is 27.6 Å². The first-order valence-corrected chi connectivity index (χ1v) is 25.2. The number of benzene rings is 4. The number of nitrogens with zero attached hydrogens (tertiary/aromatic N) is 6. The number of aryl methyl sites for hydroxylation is 1. The number of hydrogen-bond acceptors (Lipinski definition) is 13. The van der Waals surface area contributed by atoms with E-state index in [1.54, 1.807) is 91.1 Å². The quantitative estimate of drug-likeness (QED) is 0.128. The predicted octanol–water partition coefficient (Wildman–Crippen LogP) is 6.02. The van der Waals surface area contributed by atoms with Crippen LogP contribution in [0.5, 0.6) is 23.0 Å². The number of piperidine rings is 2. The van der Waals surface area contributed by atoms with E-state index in [0.29, 0.717) is 84.4 Å². The average Bonchev–Trinajstić information content (AvgIpc) is 3.77. The summed E-state index contributed by atoms with van der Waals surface area (Å²) >= 11 is 0. The molecule has 370 valence electrons. The first kappa shape index (κ1) is 48.5. The van der Waals surface area contributed by atoms with Gasteiger partial charge in [-0.2, -0.15) is 5.10 Å². The highest BCUT2D eigenvalue weighted by Crippen LogP contribution is 2.41. The highest BCUT2D eigenvalue weighted by atomic mass is 32.2. The van der Waals surface area contributed by atoms with Gasteiger partial charge >= 0.3 is 0 Å². The minimum Gasteiger partial charge on any atom is -0.493 e. The molecule has 3 fully saturated rings. The summed E-state index contributed by atoms with van der Waals surface area (Å²) in [6, 6.07) is 17.2. The number of nitrogens with one attached hydrogen (secondary N) is 1. The molecule has 1 aromatic heterocycles. The van der Waals surface area contributed by atoms with Gasteiger partial charge in [0, 0.05) is 76.1 Å². The fourth-order valence-electron chi connectivity index (χ4n) is 10.2. The third-order valence-corrected chi connectivity index (χ3v) is 14.8. The van der Waals surface area contributed by atoms with Crippen molar-refractivity contribution in [2.45, 2.75) is 63.1 Å². The number of sulfone groups is 1. The van der Waals surface area contributed by atoms with Crippen molar-refractivity contribution in [3.63, 3.8) is 0 Å². The van der Waals surface area contributed by atoms with E-state index in [0.717, 1.165) is 16.7 Å². The second kappa shape index (κ2) is 18.7. The lowest BCUT2D eigenvalue weighted by Gasteiger charge is -2.46. The molecule has 3 saturated heterocycles. The summed E-state index contributed by atoms with van der Waals surface area (Å²) in [5.41, 5.74) is 1.88. The maximum absolute atomic E-state index is 16.0. The van der Waals surface area contributed by atoms with Gasteiger partial charge in [0.15, 0.2) is 23.1 Å². The molecule has 0 unspecified atom stereocenters. The van der Waals surface area contributed by atoms with E-state index in [4.69, 9.17) is 14.2 Å². The minimum absolute atomic E-state index is 0.0587. The zero-order valence-electron chi connectivity index (χ0n) is 39.5. The summed E-state index contributed by atoms with van der Waals surface area (Å²) in [4.78, 5) is 59.1. The van der Waals surface area contributed by atoms with E-state index in [2.05, 4.69) is 10.4 Å². The predicted molar refractivity (Wildman–Crippen MR) is 253 cm³/mol. The second-order valence-corrected chi connectivity index (χ2v) is 20.9. The van der Waals surface area contributed by atoms with Gasteiger partial charge in [-0.1, -0.05) is 18.2 Å². The molecule has 1 N–H and O–H groups in total. The van der Waals surface area contributed by atoms with E-state index < -0.39 is 69.1 Å². The third kappa shape index (κ3) is 9.31. The fourth-order valence-corrected chi connectivity index (χ4v) is 11.1. The van der Waals surface area contributed by atoms with E-state index in [1.807, 2.05) is 9.80 Å². The number of hydrogen-bond donors (Lipinski definition) is 1. The maximum atomic E-state index is 16.0. The molecule has 0 aliphatic carbocycles. The molecule has 9 rings (SSSR count). The molecule has 3 atom stereocenters. The highest BCUT2D eigenvalue weighted by Gasteiger charge is 2.49. The Morgan fingerprint density at radius 1 is 0.886 bits per heavy atom. The van der Waals surface area contributed by atoms with Crippen molar-refractivity contribution < 1.29 is 55.0 Å². The second-order valence-electron chi connectivity index (χ2n) is 18.7. The maximum Gasteiger partial charge on any atom is 0.275 e. The summed E-state index contributed by atoms with van der Waals surface area (Å²) in [7, 11) is -0.538. The molecule has 4 amide bonds. The molecular weight excluding hydrogens is 932 g/mol. The van der Waals surface area contributed by atoms with Crippen LogP contribution in [-0.4, -0.2) is 133 Å². The van der Waals surface area contributed by atoms with Crippen molar-refractivity contribution in [1.82, 2.24) is 29.8 Å². The lowest BCUT2D eigenvalue weighted by molar-refractivity contribution is -0.137. The van der Waals surface area contributed by atoms with E-state index in [-0.39, 0.29) is 48.6 Å². The van der Waals surface area contributed by atoms with Gasteiger partial charge in [0.2, 0.25) is 11.8 Å². The Balaban J connectivity index is 0.806. The smallest absolute Gasteiger partial charge is 0.275 e. The molecule has 0 bridgehead atoms. The summed E-state index contributed by atoms with van der Waals surface area (Å²) in [6.07, 6.45) is 1.67. The van der Waals surface area contributed by atoms with E-state index in [1.165, 1.54) is 19.2 Å². The summed E-state index contributed by atoms with van der Waals surface area (Å²) in [5.74, 6) is -5.25. The fraction of sp³-hybridized carbons (Fsp3) is 0.420. The molecule has 4 aliphatic heterocycles. The largest absolute Gasteiger partial charge is 0.493 e. The zero-order chi connectivity index (χ0) is 49.9. The molecule has 0 radical (unpaired) electrons. The van der Waals surface area contributed by atoms with E-state index >= 15 is 13.2 Å². The Morgan fingerprint density at radius 2 is 1.61 bits per heavy atom. The van der Waals surface area contributed by atoms with Crippen LogP contribution < -0.4 is 24.4 Å². The lowest BCUT2D eigenvalue weighted by atomic mass is 9.77. The Labute approximate surface area is 403 Å². The van der Waals surface area contributed by atoms with Crippen molar-refractivity contribution in [2.75, 3.05) is 69.9 Å². The van der Waals surface area contributed by atoms with Crippen LogP contribution >= 0.6 is 0 Å². The van der Waals surface area contributed by atoms with Crippen molar-refractivity contribution in [3.8, 4) is 23.0 Å². The minimum atomic E-state index is -3.69.